The molecule has 0 aliphatic carbocycles. The lowest BCUT2D eigenvalue weighted by Crippen LogP contribution is -2.07. The van der Waals surface area contributed by atoms with E-state index in [4.69, 9.17) is 0 Å². The zero-order valence-corrected chi connectivity index (χ0v) is 9.04. The van der Waals surface area contributed by atoms with Crippen LogP contribution in [0.3, 0.4) is 0 Å². The summed E-state index contributed by atoms with van der Waals surface area (Å²) >= 11 is 0. The van der Waals surface area contributed by atoms with Gasteiger partial charge in [-0.25, -0.2) is 14.3 Å². The van der Waals surface area contributed by atoms with Crippen LogP contribution in [-0.2, 0) is 0 Å². The van der Waals surface area contributed by atoms with Crippen LogP contribution in [0.25, 0.3) is 11.5 Å². The van der Waals surface area contributed by atoms with E-state index in [2.05, 4.69) is 31.7 Å². The Morgan fingerprint density at radius 2 is 1.72 bits per heavy atom. The molecule has 0 aliphatic rings. The van der Waals surface area contributed by atoms with Crippen LogP contribution < -0.4 is 0 Å². The monoisotopic (exact) mass is 238 g/mol. The molecule has 0 radical (unpaired) electrons. The van der Waals surface area contributed by atoms with Crippen molar-refractivity contribution in [3.8, 4) is 17.6 Å². The van der Waals surface area contributed by atoms with E-state index in [1.54, 1.807) is 24.7 Å². The van der Waals surface area contributed by atoms with Gasteiger partial charge in [0, 0.05) is 6.20 Å². The van der Waals surface area contributed by atoms with Gasteiger partial charge in [0.25, 0.3) is 0 Å². The first-order valence-corrected chi connectivity index (χ1v) is 5.02. The number of nitrogens with zero attached hydrogens (tertiary/aromatic N) is 8. The number of hydrogen-bond donors (Lipinski definition) is 0. The molecule has 0 saturated heterocycles. The van der Waals surface area contributed by atoms with Crippen LogP contribution in [0.15, 0.2) is 37.1 Å². The second kappa shape index (κ2) is 4.06. The maximum atomic E-state index is 9.28. The van der Waals surface area contributed by atoms with Crippen molar-refractivity contribution < 1.29 is 0 Å². The number of hydrogen-bond acceptors (Lipinski definition) is 6. The Labute approximate surface area is 101 Å². The number of pyridine rings is 1. The van der Waals surface area contributed by atoms with Crippen molar-refractivity contribution in [3.05, 3.63) is 42.6 Å². The molecule has 0 bridgehead atoms. The van der Waals surface area contributed by atoms with Crippen LogP contribution in [-0.4, -0.2) is 35.0 Å². The third-order valence-corrected chi connectivity index (χ3v) is 2.33. The van der Waals surface area contributed by atoms with Crippen molar-refractivity contribution in [2.24, 2.45) is 0 Å². The van der Waals surface area contributed by atoms with E-state index >= 15 is 0 Å². The van der Waals surface area contributed by atoms with Crippen LogP contribution >= 0.6 is 0 Å². The Balaban J connectivity index is 2.24. The van der Waals surface area contributed by atoms with Gasteiger partial charge in [0.2, 0.25) is 0 Å². The lowest BCUT2D eigenvalue weighted by molar-refractivity contribution is 0.764. The van der Waals surface area contributed by atoms with E-state index < -0.39 is 0 Å². The Morgan fingerprint density at radius 3 is 2.33 bits per heavy atom. The van der Waals surface area contributed by atoms with E-state index in [-0.39, 0.29) is 0 Å². The molecule has 0 unspecified atom stereocenters. The first-order valence-electron chi connectivity index (χ1n) is 5.02. The molecule has 8 heteroatoms. The average molecular weight is 238 g/mol. The number of rotatable bonds is 2. The van der Waals surface area contributed by atoms with Crippen molar-refractivity contribution in [2.75, 3.05) is 0 Å². The maximum Gasteiger partial charge on any atom is 0.175 e. The van der Waals surface area contributed by atoms with Crippen LogP contribution in [0.4, 0.5) is 0 Å². The average Bonchev–Trinajstić information content (AvgIpc) is 3.10. The normalized spacial score (nSPS) is 10.2. The van der Waals surface area contributed by atoms with Crippen LogP contribution in [0.5, 0.6) is 0 Å². The Morgan fingerprint density at radius 1 is 1.00 bits per heavy atom. The summed E-state index contributed by atoms with van der Waals surface area (Å²) in [6.07, 6.45) is 7.91. The van der Waals surface area contributed by atoms with Crippen molar-refractivity contribution in [3.63, 3.8) is 0 Å². The van der Waals surface area contributed by atoms with Crippen molar-refractivity contribution >= 4 is 0 Å². The fourth-order valence-corrected chi connectivity index (χ4v) is 1.57. The summed E-state index contributed by atoms with van der Waals surface area (Å²) in [6, 6.07) is 3.79. The van der Waals surface area contributed by atoms with Gasteiger partial charge in [-0.2, -0.15) is 5.26 Å². The topological polar surface area (TPSA) is 98.1 Å². The largest absolute Gasteiger partial charge is 0.236 e. The summed E-state index contributed by atoms with van der Waals surface area (Å²) in [5.41, 5.74) is 0.948. The molecule has 0 spiro atoms. The van der Waals surface area contributed by atoms with Gasteiger partial charge in [-0.05, 0) is 6.07 Å². The lowest BCUT2D eigenvalue weighted by Gasteiger charge is -2.06. The Hall–Kier alpha value is -3.08. The summed E-state index contributed by atoms with van der Waals surface area (Å²) in [4.78, 5) is 4.14. The van der Waals surface area contributed by atoms with E-state index in [0.717, 1.165) is 0 Å². The molecule has 18 heavy (non-hydrogen) atoms. The molecule has 0 atom stereocenters. The van der Waals surface area contributed by atoms with Crippen LogP contribution in [0, 0.1) is 11.3 Å². The zero-order chi connectivity index (χ0) is 12.4. The molecule has 3 aromatic rings. The van der Waals surface area contributed by atoms with Gasteiger partial charge in [-0.15, -0.1) is 10.2 Å². The highest BCUT2D eigenvalue weighted by Crippen LogP contribution is 2.17. The minimum Gasteiger partial charge on any atom is -0.236 e. The molecule has 0 saturated carbocycles. The van der Waals surface area contributed by atoms with E-state index in [1.807, 2.05) is 0 Å². The maximum absolute atomic E-state index is 9.28. The molecular formula is C10H6N8. The molecular weight excluding hydrogens is 232 g/mol. The highest BCUT2D eigenvalue weighted by atomic mass is 15.4. The summed E-state index contributed by atoms with van der Waals surface area (Å²) in [5, 5.41) is 24.4. The van der Waals surface area contributed by atoms with Gasteiger partial charge >= 0.3 is 0 Å². The molecule has 86 valence electrons. The predicted octanol–water partition coefficient (Wildman–Crippen LogP) is 0.115. The van der Waals surface area contributed by atoms with E-state index in [9.17, 15) is 5.26 Å². The van der Waals surface area contributed by atoms with Gasteiger partial charge < -0.3 is 0 Å². The van der Waals surface area contributed by atoms with Crippen LogP contribution in [0.2, 0.25) is 0 Å². The molecule has 0 N–H and O–H groups in total. The minimum atomic E-state index is 0.355. The summed E-state index contributed by atoms with van der Waals surface area (Å²) in [6.45, 7) is 0. The highest BCUT2D eigenvalue weighted by molar-refractivity contribution is 5.55. The summed E-state index contributed by atoms with van der Waals surface area (Å²) in [5.74, 6) is 0.406. The van der Waals surface area contributed by atoms with Crippen molar-refractivity contribution in [1.82, 2.24) is 35.0 Å². The van der Waals surface area contributed by atoms with Gasteiger partial charge in [0.05, 0.1) is 30.5 Å². The van der Waals surface area contributed by atoms with Gasteiger partial charge in [-0.3, -0.25) is 0 Å². The number of aromatic nitrogens is 7. The second-order valence-corrected chi connectivity index (χ2v) is 3.34. The zero-order valence-electron chi connectivity index (χ0n) is 9.04. The summed E-state index contributed by atoms with van der Waals surface area (Å²) in [7, 11) is 0. The highest BCUT2D eigenvalue weighted by Gasteiger charge is 2.13. The lowest BCUT2D eigenvalue weighted by atomic mass is 10.2. The predicted molar refractivity (Wildman–Crippen MR) is 58.8 cm³/mol. The molecule has 0 fully saturated rings. The third kappa shape index (κ3) is 1.51. The Kier molecular flexibility index (Phi) is 2.28. The van der Waals surface area contributed by atoms with E-state index in [1.165, 1.54) is 21.8 Å². The fourth-order valence-electron chi connectivity index (χ4n) is 1.57. The quantitative estimate of drug-likeness (QED) is 0.628. The molecule has 3 rings (SSSR count). The summed E-state index contributed by atoms with van der Waals surface area (Å²) < 4.78 is 2.93. The van der Waals surface area contributed by atoms with Crippen molar-refractivity contribution in [2.45, 2.75) is 0 Å². The molecule has 8 nitrogen and oxygen atoms in total. The molecule has 3 heterocycles. The Bertz CT molecular complexity index is 640. The van der Waals surface area contributed by atoms with Gasteiger partial charge in [0.1, 0.15) is 11.6 Å². The standard InChI is InChI=1S/C10H6N8/c11-7-8-9(17-5-3-13-15-17)1-2-12-10(8)18-6-4-14-16-18/h1-6H. The van der Waals surface area contributed by atoms with Crippen LogP contribution in [0.1, 0.15) is 5.56 Å². The van der Waals surface area contributed by atoms with E-state index in [0.29, 0.717) is 17.1 Å². The smallest absolute Gasteiger partial charge is 0.175 e. The second-order valence-electron chi connectivity index (χ2n) is 3.34. The third-order valence-electron chi connectivity index (χ3n) is 2.33. The van der Waals surface area contributed by atoms with Gasteiger partial charge in [0.15, 0.2) is 5.82 Å². The minimum absolute atomic E-state index is 0.355. The SMILES string of the molecule is N#Cc1c(-n2ccnn2)ccnc1-n1ccnn1. The first kappa shape index (κ1) is 10.1. The van der Waals surface area contributed by atoms with Gasteiger partial charge in [-0.1, -0.05) is 10.4 Å². The molecule has 0 aliphatic heterocycles. The fraction of sp³-hybridized carbons (Fsp3) is 0. The molecule has 0 amide bonds. The first-order chi connectivity index (χ1) is 8.90. The molecule has 0 aromatic carbocycles. The van der Waals surface area contributed by atoms with Crippen molar-refractivity contribution in [1.29, 1.82) is 5.26 Å². The number of nitriles is 1. The molecule has 3 aromatic heterocycles.